The Morgan fingerprint density at radius 1 is 1.08 bits per heavy atom. The van der Waals surface area contributed by atoms with E-state index in [0.29, 0.717) is 5.56 Å². The lowest BCUT2D eigenvalue weighted by atomic mass is 10.0. The molecule has 0 unspecified atom stereocenters. The Morgan fingerprint density at radius 2 is 1.76 bits per heavy atom. The topological polar surface area (TPSA) is 50.8 Å². The molecule has 0 saturated carbocycles. The molecule has 0 radical (unpaired) electrons. The number of halogens is 1. The summed E-state index contributed by atoms with van der Waals surface area (Å²) in [5.41, 5.74) is 4.95. The van der Waals surface area contributed by atoms with Gasteiger partial charge in [-0.05, 0) is 60.9 Å². The number of aromatic nitrogens is 2. The van der Waals surface area contributed by atoms with E-state index in [-0.39, 0.29) is 23.8 Å². The van der Waals surface area contributed by atoms with E-state index in [0.717, 1.165) is 11.3 Å². The van der Waals surface area contributed by atoms with Gasteiger partial charge in [-0.1, -0.05) is 12.1 Å². The van der Waals surface area contributed by atoms with Gasteiger partial charge in [-0.2, -0.15) is 0 Å². The van der Waals surface area contributed by atoms with Gasteiger partial charge in [0, 0.05) is 18.8 Å². The monoisotopic (exact) mass is 337 g/mol. The Hall–Kier alpha value is -2.95. The summed E-state index contributed by atoms with van der Waals surface area (Å²) < 4.78 is 16.4. The zero-order valence-electron chi connectivity index (χ0n) is 14.5. The molecule has 0 aliphatic heterocycles. The van der Waals surface area contributed by atoms with Crippen molar-refractivity contribution in [3.63, 3.8) is 0 Å². The highest BCUT2D eigenvalue weighted by atomic mass is 19.1. The Kier molecular flexibility index (Phi) is 4.40. The fourth-order valence-electron chi connectivity index (χ4n) is 2.77. The largest absolute Gasteiger partial charge is 0.314 e. The van der Waals surface area contributed by atoms with Gasteiger partial charge in [-0.15, -0.1) is 0 Å². The van der Waals surface area contributed by atoms with Crippen molar-refractivity contribution < 1.29 is 9.18 Å². The van der Waals surface area contributed by atoms with Crippen LogP contribution in [0.2, 0.25) is 0 Å². The van der Waals surface area contributed by atoms with Crippen LogP contribution in [0.4, 0.5) is 4.39 Å². The lowest BCUT2D eigenvalue weighted by Crippen LogP contribution is -2.25. The van der Waals surface area contributed by atoms with Crippen LogP contribution >= 0.6 is 0 Å². The third-order valence-corrected chi connectivity index (χ3v) is 4.51. The highest BCUT2D eigenvalue weighted by Crippen LogP contribution is 2.21. The minimum Gasteiger partial charge on any atom is -0.314 e. The number of ketones is 1. The molecular weight excluding hydrogens is 317 g/mol. The van der Waals surface area contributed by atoms with Crippen LogP contribution in [0.5, 0.6) is 0 Å². The van der Waals surface area contributed by atoms with Crippen LogP contribution in [-0.2, 0) is 13.6 Å². The predicted octanol–water partition coefficient (Wildman–Crippen LogP) is 3.61. The van der Waals surface area contributed by atoms with Crippen LogP contribution in [0.1, 0.15) is 21.5 Å². The maximum Gasteiger partial charge on any atom is 0.202 e. The van der Waals surface area contributed by atoms with Crippen LogP contribution in [0, 0.1) is 25.1 Å². The zero-order chi connectivity index (χ0) is 18.1. The molecule has 4 nitrogen and oxygen atoms in total. The summed E-state index contributed by atoms with van der Waals surface area (Å²) >= 11 is 0. The molecule has 0 amide bonds. The van der Waals surface area contributed by atoms with Crippen LogP contribution in [0.3, 0.4) is 0 Å². The molecule has 3 rings (SSSR count). The van der Waals surface area contributed by atoms with Crippen LogP contribution in [0.15, 0.2) is 48.7 Å². The van der Waals surface area contributed by atoms with Crippen LogP contribution < -0.4 is 5.62 Å². The Balaban J connectivity index is 1.93. The number of nitrogens with zero attached hydrogens (tertiary/aromatic N) is 2. The maximum atomic E-state index is 13.0. The van der Waals surface area contributed by atoms with Gasteiger partial charge in [0.2, 0.25) is 5.62 Å². The molecule has 1 heterocycles. The lowest BCUT2D eigenvalue weighted by molar-refractivity contribution is 0.0970. The zero-order valence-corrected chi connectivity index (χ0v) is 14.5. The van der Waals surface area contributed by atoms with Crippen molar-refractivity contribution in [2.75, 3.05) is 0 Å². The Morgan fingerprint density at radius 3 is 2.40 bits per heavy atom. The minimum atomic E-state index is -0.373. The van der Waals surface area contributed by atoms with E-state index < -0.39 is 0 Å². The number of hydrogen-bond donors (Lipinski definition) is 1. The molecule has 5 heteroatoms. The van der Waals surface area contributed by atoms with E-state index in [9.17, 15) is 9.18 Å². The summed E-state index contributed by atoms with van der Waals surface area (Å²) in [7, 11) is 1.81. The number of imidazole rings is 1. The second-order valence-electron chi connectivity index (χ2n) is 6.25. The summed E-state index contributed by atoms with van der Waals surface area (Å²) in [5.74, 6) is -0.530. The van der Waals surface area contributed by atoms with Crippen molar-refractivity contribution in [3.8, 4) is 11.3 Å². The number of rotatable bonds is 4. The molecule has 0 saturated heterocycles. The van der Waals surface area contributed by atoms with Gasteiger partial charge in [0.05, 0.1) is 12.2 Å². The van der Waals surface area contributed by atoms with E-state index in [4.69, 9.17) is 5.41 Å². The number of Topliss-reactive ketones (excluding diaryl/α,β-unsaturated/α-hetero) is 1. The van der Waals surface area contributed by atoms with Gasteiger partial charge in [0.1, 0.15) is 5.82 Å². The second-order valence-corrected chi connectivity index (χ2v) is 6.25. The van der Waals surface area contributed by atoms with Crippen molar-refractivity contribution in [1.82, 2.24) is 9.13 Å². The Bertz CT molecular complexity index is 997. The first-order valence-electron chi connectivity index (χ1n) is 8.04. The molecule has 0 fully saturated rings. The summed E-state index contributed by atoms with van der Waals surface area (Å²) in [6, 6.07) is 11.6. The van der Waals surface area contributed by atoms with Gasteiger partial charge in [0.25, 0.3) is 0 Å². The van der Waals surface area contributed by atoms with Gasteiger partial charge in [-0.3, -0.25) is 10.2 Å². The van der Waals surface area contributed by atoms with Crippen LogP contribution in [-0.4, -0.2) is 14.9 Å². The van der Waals surface area contributed by atoms with Crippen LogP contribution in [0.25, 0.3) is 11.3 Å². The normalized spacial score (nSPS) is 10.9. The molecule has 0 spiro atoms. The maximum absolute atomic E-state index is 13.0. The first-order chi connectivity index (χ1) is 11.9. The van der Waals surface area contributed by atoms with Gasteiger partial charge in [0.15, 0.2) is 5.78 Å². The summed E-state index contributed by atoms with van der Waals surface area (Å²) in [6.07, 6.45) is 1.81. The second kappa shape index (κ2) is 6.51. The quantitative estimate of drug-likeness (QED) is 0.727. The average molecular weight is 337 g/mol. The molecule has 25 heavy (non-hydrogen) atoms. The molecule has 0 aliphatic rings. The number of aryl methyl sites for hydroxylation is 2. The molecule has 128 valence electrons. The third-order valence-electron chi connectivity index (χ3n) is 4.51. The standard InChI is InChI=1S/C20H20FN3O/c1-13-4-5-16(10-14(13)2)18-11-24(20(22)23(18)3)12-19(25)15-6-8-17(21)9-7-15/h4-11,22H,12H2,1-3H3. The van der Waals surface area contributed by atoms with Gasteiger partial charge in [-0.25, -0.2) is 4.39 Å². The van der Waals surface area contributed by atoms with Gasteiger partial charge < -0.3 is 9.13 Å². The SMILES string of the molecule is Cc1ccc(-c2cn(CC(=O)c3ccc(F)cc3)c(=N)n2C)cc1C. The number of carbonyl (C=O) groups excluding carboxylic acids is 1. The van der Waals surface area contributed by atoms with E-state index >= 15 is 0 Å². The van der Waals surface area contributed by atoms with Crippen molar-refractivity contribution in [2.24, 2.45) is 7.05 Å². The molecule has 0 bridgehead atoms. The first-order valence-corrected chi connectivity index (χ1v) is 8.04. The fourth-order valence-corrected chi connectivity index (χ4v) is 2.77. The van der Waals surface area contributed by atoms with Crippen molar-refractivity contribution in [1.29, 1.82) is 5.41 Å². The van der Waals surface area contributed by atoms with E-state index in [1.807, 2.05) is 19.3 Å². The molecule has 2 aromatic carbocycles. The number of carbonyl (C=O) groups is 1. The lowest BCUT2D eigenvalue weighted by Gasteiger charge is -2.05. The van der Waals surface area contributed by atoms with Crippen molar-refractivity contribution in [2.45, 2.75) is 20.4 Å². The number of nitrogens with one attached hydrogen (secondary N) is 1. The average Bonchev–Trinajstić information content (AvgIpc) is 2.86. The highest BCUT2D eigenvalue weighted by molar-refractivity contribution is 5.95. The highest BCUT2D eigenvalue weighted by Gasteiger charge is 2.13. The molecular formula is C20H20FN3O. The third kappa shape index (κ3) is 3.31. The molecule has 0 atom stereocenters. The summed E-state index contributed by atoms with van der Waals surface area (Å²) in [4.78, 5) is 12.4. The van der Waals surface area contributed by atoms with E-state index in [1.165, 1.54) is 35.4 Å². The van der Waals surface area contributed by atoms with Crippen molar-refractivity contribution in [3.05, 3.63) is 76.8 Å². The van der Waals surface area contributed by atoms with E-state index in [2.05, 4.69) is 26.0 Å². The molecule has 3 aromatic rings. The summed E-state index contributed by atoms with van der Waals surface area (Å²) in [6.45, 7) is 4.15. The summed E-state index contributed by atoms with van der Waals surface area (Å²) in [5, 5.41) is 8.27. The van der Waals surface area contributed by atoms with E-state index in [1.54, 1.807) is 9.13 Å². The minimum absolute atomic E-state index is 0.0448. The molecule has 1 aromatic heterocycles. The predicted molar refractivity (Wildman–Crippen MR) is 94.9 cm³/mol. The molecule has 1 N–H and O–H groups in total. The first kappa shape index (κ1) is 16.9. The van der Waals surface area contributed by atoms with Crippen molar-refractivity contribution >= 4 is 5.78 Å². The number of hydrogen-bond acceptors (Lipinski definition) is 2. The fraction of sp³-hybridized carbons (Fsp3) is 0.200. The van der Waals surface area contributed by atoms with Gasteiger partial charge >= 0.3 is 0 Å². The number of benzene rings is 2. The smallest absolute Gasteiger partial charge is 0.202 e. The Labute approximate surface area is 145 Å². The molecule has 0 aliphatic carbocycles.